The van der Waals surface area contributed by atoms with Crippen LogP contribution in [0.5, 0.6) is 0 Å². The number of hydrogen-bond donors (Lipinski definition) is 2. The van der Waals surface area contributed by atoms with Gasteiger partial charge in [0.05, 0.1) is 6.10 Å². The number of carbonyl (C=O) groups excluding carboxylic acids is 1. The zero-order valence-electron chi connectivity index (χ0n) is 11.6. The average molecular weight is 263 g/mol. The van der Waals surface area contributed by atoms with Crippen molar-refractivity contribution in [1.29, 1.82) is 0 Å². The van der Waals surface area contributed by atoms with Crippen LogP contribution in [0, 0.1) is 5.41 Å². The first-order valence-electron chi connectivity index (χ1n) is 6.54. The third kappa shape index (κ3) is 2.24. The molecule has 1 aromatic heterocycles. The van der Waals surface area contributed by atoms with Gasteiger partial charge in [-0.25, -0.2) is 0 Å². The molecular formula is C14H21N3O2. The fourth-order valence-electron chi connectivity index (χ4n) is 2.50. The number of carbonyl (C=O) groups is 1. The van der Waals surface area contributed by atoms with Gasteiger partial charge in [-0.3, -0.25) is 9.78 Å². The van der Waals surface area contributed by atoms with E-state index in [9.17, 15) is 4.79 Å². The van der Waals surface area contributed by atoms with Gasteiger partial charge < -0.3 is 15.8 Å². The van der Waals surface area contributed by atoms with Crippen LogP contribution in [-0.2, 0) is 9.53 Å². The summed E-state index contributed by atoms with van der Waals surface area (Å²) in [6.07, 6.45) is 3.84. The van der Waals surface area contributed by atoms with Crippen molar-refractivity contribution in [3.63, 3.8) is 0 Å². The molecule has 1 saturated carbocycles. The molecule has 0 aliphatic heterocycles. The molecule has 104 valence electrons. The van der Waals surface area contributed by atoms with E-state index in [2.05, 4.69) is 10.3 Å². The largest absolute Gasteiger partial charge is 0.378 e. The lowest BCUT2D eigenvalue weighted by Crippen LogP contribution is -2.74. The summed E-state index contributed by atoms with van der Waals surface area (Å²) in [4.78, 5) is 16.3. The van der Waals surface area contributed by atoms with Gasteiger partial charge in [0.2, 0.25) is 5.91 Å². The molecule has 1 aliphatic rings. The SMILES string of the molecule is CCOC1CC(N)(C(=O)Nc2ccncc2)C1(C)C. The Morgan fingerprint density at radius 1 is 1.53 bits per heavy atom. The first-order chi connectivity index (χ1) is 8.91. The zero-order valence-corrected chi connectivity index (χ0v) is 11.6. The third-order valence-electron chi connectivity index (χ3n) is 4.17. The second-order valence-electron chi connectivity index (χ2n) is 5.53. The summed E-state index contributed by atoms with van der Waals surface area (Å²) < 4.78 is 5.62. The summed E-state index contributed by atoms with van der Waals surface area (Å²) in [7, 11) is 0. The van der Waals surface area contributed by atoms with Crippen LogP contribution in [0.3, 0.4) is 0 Å². The number of rotatable bonds is 4. The number of ether oxygens (including phenoxy) is 1. The monoisotopic (exact) mass is 263 g/mol. The fraction of sp³-hybridized carbons (Fsp3) is 0.571. The molecule has 19 heavy (non-hydrogen) atoms. The molecule has 2 atom stereocenters. The Morgan fingerprint density at radius 2 is 2.16 bits per heavy atom. The van der Waals surface area contributed by atoms with Gasteiger partial charge in [-0.05, 0) is 19.1 Å². The van der Waals surface area contributed by atoms with Gasteiger partial charge in [-0.2, -0.15) is 0 Å². The van der Waals surface area contributed by atoms with Gasteiger partial charge in [0.15, 0.2) is 0 Å². The summed E-state index contributed by atoms with van der Waals surface area (Å²) in [5, 5.41) is 2.84. The van der Waals surface area contributed by atoms with Crippen molar-refractivity contribution in [3.8, 4) is 0 Å². The summed E-state index contributed by atoms with van der Waals surface area (Å²) in [6, 6.07) is 3.49. The number of anilines is 1. The van der Waals surface area contributed by atoms with E-state index in [1.54, 1.807) is 24.5 Å². The highest BCUT2D eigenvalue weighted by atomic mass is 16.5. The van der Waals surface area contributed by atoms with E-state index in [-0.39, 0.29) is 17.4 Å². The van der Waals surface area contributed by atoms with Crippen LogP contribution in [0.2, 0.25) is 0 Å². The molecule has 1 fully saturated rings. The summed E-state index contributed by atoms with van der Waals surface area (Å²) in [6.45, 7) is 6.53. The van der Waals surface area contributed by atoms with E-state index in [0.717, 1.165) is 0 Å². The molecule has 5 nitrogen and oxygen atoms in total. The van der Waals surface area contributed by atoms with Crippen LogP contribution in [-0.4, -0.2) is 29.1 Å². The Kier molecular flexibility index (Phi) is 3.60. The van der Waals surface area contributed by atoms with Crippen molar-refractivity contribution in [1.82, 2.24) is 4.98 Å². The summed E-state index contributed by atoms with van der Waals surface area (Å²) in [5.74, 6) is -0.167. The lowest BCUT2D eigenvalue weighted by Gasteiger charge is -2.57. The van der Waals surface area contributed by atoms with Crippen molar-refractivity contribution >= 4 is 11.6 Å². The first kappa shape index (κ1) is 14.0. The Hall–Kier alpha value is -1.46. The van der Waals surface area contributed by atoms with E-state index in [4.69, 9.17) is 10.5 Å². The summed E-state index contributed by atoms with van der Waals surface area (Å²) in [5.41, 5.74) is 5.73. The van der Waals surface area contributed by atoms with Gasteiger partial charge in [0.25, 0.3) is 0 Å². The van der Waals surface area contributed by atoms with E-state index in [1.165, 1.54) is 0 Å². The summed E-state index contributed by atoms with van der Waals surface area (Å²) >= 11 is 0. The molecule has 1 amide bonds. The van der Waals surface area contributed by atoms with Crippen molar-refractivity contribution in [2.45, 2.75) is 38.8 Å². The average Bonchev–Trinajstić information content (AvgIpc) is 2.39. The highest BCUT2D eigenvalue weighted by Crippen LogP contribution is 2.50. The van der Waals surface area contributed by atoms with Crippen LogP contribution >= 0.6 is 0 Å². The van der Waals surface area contributed by atoms with E-state index < -0.39 is 5.54 Å². The third-order valence-corrected chi connectivity index (χ3v) is 4.17. The highest BCUT2D eigenvalue weighted by Gasteiger charge is 2.62. The molecule has 2 rings (SSSR count). The van der Waals surface area contributed by atoms with E-state index in [1.807, 2.05) is 20.8 Å². The van der Waals surface area contributed by atoms with Crippen molar-refractivity contribution in [2.75, 3.05) is 11.9 Å². The van der Waals surface area contributed by atoms with Gasteiger partial charge in [-0.15, -0.1) is 0 Å². The molecule has 0 radical (unpaired) electrons. The second-order valence-corrected chi connectivity index (χ2v) is 5.53. The van der Waals surface area contributed by atoms with Crippen LogP contribution in [0.4, 0.5) is 5.69 Å². The van der Waals surface area contributed by atoms with Crippen molar-refractivity contribution in [3.05, 3.63) is 24.5 Å². The molecular weight excluding hydrogens is 242 g/mol. The number of aromatic nitrogens is 1. The molecule has 5 heteroatoms. The number of hydrogen-bond acceptors (Lipinski definition) is 4. The molecule has 0 bridgehead atoms. The van der Waals surface area contributed by atoms with Gasteiger partial charge in [0.1, 0.15) is 5.54 Å². The van der Waals surface area contributed by atoms with Gasteiger partial charge in [0, 0.05) is 36.5 Å². The predicted molar refractivity (Wildman–Crippen MR) is 73.6 cm³/mol. The fourth-order valence-corrected chi connectivity index (χ4v) is 2.50. The first-order valence-corrected chi connectivity index (χ1v) is 6.54. The molecule has 1 aromatic rings. The lowest BCUT2D eigenvalue weighted by atomic mass is 9.54. The molecule has 0 spiro atoms. The zero-order chi connectivity index (χ0) is 14.1. The lowest BCUT2D eigenvalue weighted by molar-refractivity contribution is -0.166. The van der Waals surface area contributed by atoms with E-state index >= 15 is 0 Å². The second kappa shape index (κ2) is 4.90. The van der Waals surface area contributed by atoms with Crippen LogP contribution in [0.25, 0.3) is 0 Å². The Morgan fingerprint density at radius 3 is 2.68 bits per heavy atom. The number of amides is 1. The van der Waals surface area contributed by atoms with Crippen molar-refractivity contribution < 1.29 is 9.53 Å². The Balaban J connectivity index is 2.08. The maximum atomic E-state index is 12.4. The topological polar surface area (TPSA) is 77.2 Å². The number of nitrogens with one attached hydrogen (secondary N) is 1. The van der Waals surface area contributed by atoms with Crippen LogP contribution in [0.1, 0.15) is 27.2 Å². The minimum absolute atomic E-state index is 0.0330. The maximum absolute atomic E-state index is 12.4. The number of pyridine rings is 1. The predicted octanol–water partition coefficient (Wildman–Crippen LogP) is 1.55. The minimum atomic E-state index is -0.893. The molecule has 0 aromatic carbocycles. The smallest absolute Gasteiger partial charge is 0.245 e. The minimum Gasteiger partial charge on any atom is -0.378 e. The normalized spacial score (nSPS) is 28.5. The van der Waals surface area contributed by atoms with Crippen LogP contribution < -0.4 is 11.1 Å². The van der Waals surface area contributed by atoms with Gasteiger partial charge in [-0.1, -0.05) is 13.8 Å². The van der Waals surface area contributed by atoms with Crippen molar-refractivity contribution in [2.24, 2.45) is 11.1 Å². The quantitative estimate of drug-likeness (QED) is 0.864. The molecule has 3 N–H and O–H groups in total. The Labute approximate surface area is 113 Å². The maximum Gasteiger partial charge on any atom is 0.245 e. The number of nitrogens with two attached hydrogens (primary N) is 1. The van der Waals surface area contributed by atoms with Crippen LogP contribution in [0.15, 0.2) is 24.5 Å². The van der Waals surface area contributed by atoms with Gasteiger partial charge >= 0.3 is 0 Å². The van der Waals surface area contributed by atoms with E-state index in [0.29, 0.717) is 18.7 Å². The standard InChI is InChI=1S/C14H21N3O2/c1-4-19-11-9-14(15,13(11,2)3)12(18)17-10-5-7-16-8-6-10/h5-8,11H,4,9,15H2,1-3H3,(H,16,17,18). The molecule has 0 saturated heterocycles. The highest BCUT2D eigenvalue weighted by molar-refractivity contribution is 5.99. The molecule has 1 heterocycles. The number of nitrogens with zero attached hydrogens (tertiary/aromatic N) is 1. The molecule has 2 unspecified atom stereocenters. The molecule has 1 aliphatic carbocycles. The Bertz CT molecular complexity index is 461.